The van der Waals surface area contributed by atoms with Crippen LogP contribution in [0.1, 0.15) is 29.2 Å². The monoisotopic (exact) mass is 454 g/mol. The molecule has 1 aliphatic rings. The molecule has 4 heterocycles. The molecular formula is C23H20F2N4O4. The zero-order chi connectivity index (χ0) is 22.9. The van der Waals surface area contributed by atoms with E-state index in [-0.39, 0.29) is 11.7 Å². The van der Waals surface area contributed by atoms with Gasteiger partial charge in [0.2, 0.25) is 11.6 Å². The molecule has 1 unspecified atom stereocenters. The van der Waals surface area contributed by atoms with Crippen molar-refractivity contribution < 1.29 is 27.7 Å². The van der Waals surface area contributed by atoms with E-state index >= 15 is 0 Å². The second-order valence-electron chi connectivity index (χ2n) is 7.46. The van der Waals surface area contributed by atoms with Gasteiger partial charge in [-0.15, -0.1) is 0 Å². The third kappa shape index (κ3) is 3.99. The number of nitrogens with zero attached hydrogens (tertiary/aromatic N) is 4. The third-order valence-corrected chi connectivity index (χ3v) is 5.37. The topological polar surface area (TPSA) is 80.5 Å². The molecule has 0 N–H and O–H groups in total. The van der Waals surface area contributed by atoms with Crippen molar-refractivity contribution in [3.8, 4) is 23.1 Å². The highest BCUT2D eigenvalue weighted by atomic mass is 19.3. The molecule has 0 radical (unpaired) electrons. The summed E-state index contributed by atoms with van der Waals surface area (Å²) in [6.45, 7) is 0.704. The van der Waals surface area contributed by atoms with Crippen LogP contribution in [0.25, 0.3) is 11.2 Å². The number of methoxy groups -OCH3 is 2. The molecule has 8 nitrogen and oxygen atoms in total. The molecule has 0 fully saturated rings. The molecular weight excluding hydrogens is 434 g/mol. The van der Waals surface area contributed by atoms with E-state index in [0.717, 1.165) is 11.1 Å². The molecule has 1 aromatic carbocycles. The Morgan fingerprint density at radius 2 is 1.97 bits per heavy atom. The number of ether oxygens (including phenoxy) is 4. The number of alkyl halides is 2. The molecule has 0 amide bonds. The predicted molar refractivity (Wildman–Crippen MR) is 114 cm³/mol. The Kier molecular flexibility index (Phi) is 5.41. The van der Waals surface area contributed by atoms with Crippen LogP contribution in [0.4, 0.5) is 8.78 Å². The highest BCUT2D eigenvalue weighted by Gasteiger charge is 2.27. The average Bonchev–Trinajstić information content (AvgIpc) is 3.25. The fourth-order valence-electron chi connectivity index (χ4n) is 3.70. The van der Waals surface area contributed by atoms with Crippen molar-refractivity contribution in [3.05, 3.63) is 65.7 Å². The van der Waals surface area contributed by atoms with Crippen LogP contribution in [0, 0.1) is 0 Å². The van der Waals surface area contributed by atoms with Gasteiger partial charge in [-0.3, -0.25) is 0 Å². The second-order valence-corrected chi connectivity index (χ2v) is 7.46. The van der Waals surface area contributed by atoms with Gasteiger partial charge in [-0.1, -0.05) is 0 Å². The van der Waals surface area contributed by atoms with Crippen molar-refractivity contribution in [2.24, 2.45) is 0 Å². The van der Waals surface area contributed by atoms with Crippen LogP contribution in [0.15, 0.2) is 49.1 Å². The molecule has 4 aromatic rings. The Morgan fingerprint density at radius 1 is 1.09 bits per heavy atom. The highest BCUT2D eigenvalue weighted by molar-refractivity contribution is 5.71. The maximum absolute atomic E-state index is 12.9. The van der Waals surface area contributed by atoms with E-state index in [1.165, 1.54) is 12.3 Å². The van der Waals surface area contributed by atoms with Crippen molar-refractivity contribution in [3.63, 3.8) is 0 Å². The molecule has 1 atom stereocenters. The zero-order valence-corrected chi connectivity index (χ0v) is 17.9. The van der Waals surface area contributed by atoms with Gasteiger partial charge in [0.1, 0.15) is 12.1 Å². The minimum atomic E-state index is -2.59. The van der Waals surface area contributed by atoms with Gasteiger partial charge >= 0.3 is 0 Å². The average molecular weight is 454 g/mol. The Bertz CT molecular complexity index is 1280. The van der Waals surface area contributed by atoms with Crippen LogP contribution in [-0.2, 0) is 6.54 Å². The van der Waals surface area contributed by atoms with Gasteiger partial charge in [0, 0.05) is 29.6 Å². The van der Waals surface area contributed by atoms with E-state index in [9.17, 15) is 8.78 Å². The van der Waals surface area contributed by atoms with Crippen LogP contribution >= 0.6 is 0 Å². The largest absolute Gasteiger partial charge is 0.493 e. The maximum Gasteiger partial charge on any atom is 0.265 e. The summed E-state index contributed by atoms with van der Waals surface area (Å²) >= 11 is 0. The molecule has 0 saturated heterocycles. The maximum atomic E-state index is 12.9. The van der Waals surface area contributed by atoms with Crippen LogP contribution in [-0.4, -0.2) is 40.3 Å². The number of pyridine rings is 2. The van der Waals surface area contributed by atoms with Crippen molar-refractivity contribution in [1.82, 2.24) is 19.5 Å². The lowest BCUT2D eigenvalue weighted by Gasteiger charge is -2.28. The molecule has 3 aromatic heterocycles. The van der Waals surface area contributed by atoms with E-state index < -0.39 is 6.43 Å². The second kappa shape index (κ2) is 8.53. The van der Waals surface area contributed by atoms with Crippen molar-refractivity contribution >= 4 is 11.2 Å². The number of imidazole rings is 1. The molecule has 0 saturated carbocycles. The first kappa shape index (κ1) is 20.9. The van der Waals surface area contributed by atoms with Crippen molar-refractivity contribution in [1.29, 1.82) is 0 Å². The Labute approximate surface area is 187 Å². The summed E-state index contributed by atoms with van der Waals surface area (Å²) in [5, 5.41) is 0. The standard InChI is InChI=1S/C23H20F2N4O4/c1-30-17-5-13(10-29-12-28-16-7-15(22(24)25)9-27-23(16)29)6-18-21(17)33-19(11-32-18)14-3-4-20(31-2)26-8-14/h3-9,12,19,22H,10-11H2,1-2H3. The van der Waals surface area contributed by atoms with Crippen LogP contribution in [0.3, 0.4) is 0 Å². The van der Waals surface area contributed by atoms with Gasteiger partial charge in [-0.2, -0.15) is 0 Å². The van der Waals surface area contributed by atoms with E-state index in [1.54, 1.807) is 37.4 Å². The third-order valence-electron chi connectivity index (χ3n) is 5.37. The molecule has 0 bridgehead atoms. The van der Waals surface area contributed by atoms with Gasteiger partial charge in [0.25, 0.3) is 6.43 Å². The van der Waals surface area contributed by atoms with Gasteiger partial charge in [-0.05, 0) is 29.8 Å². The van der Waals surface area contributed by atoms with Crippen molar-refractivity contribution in [2.75, 3.05) is 20.8 Å². The molecule has 10 heteroatoms. The minimum absolute atomic E-state index is 0.157. The molecule has 0 aliphatic carbocycles. The number of aromatic nitrogens is 4. The quantitative estimate of drug-likeness (QED) is 0.429. The number of fused-ring (bicyclic) bond motifs is 2. The van der Waals surface area contributed by atoms with E-state index in [1.807, 2.05) is 18.2 Å². The van der Waals surface area contributed by atoms with Crippen LogP contribution in [0.5, 0.6) is 23.1 Å². The van der Waals surface area contributed by atoms with Crippen molar-refractivity contribution in [2.45, 2.75) is 19.1 Å². The number of rotatable bonds is 6. The summed E-state index contributed by atoms with van der Waals surface area (Å²) < 4.78 is 50.5. The lowest BCUT2D eigenvalue weighted by Crippen LogP contribution is -2.22. The fraction of sp³-hybridized carbons (Fsp3) is 0.261. The van der Waals surface area contributed by atoms with Gasteiger partial charge in [0.15, 0.2) is 23.3 Å². The number of halogens is 2. The fourth-order valence-corrected chi connectivity index (χ4v) is 3.70. The lowest BCUT2D eigenvalue weighted by atomic mass is 10.1. The summed E-state index contributed by atoms with van der Waals surface area (Å²) in [6.07, 6.45) is 1.50. The first-order valence-electron chi connectivity index (χ1n) is 10.1. The Morgan fingerprint density at radius 3 is 2.70 bits per heavy atom. The summed E-state index contributed by atoms with van der Waals surface area (Å²) in [7, 11) is 3.12. The SMILES string of the molecule is COc1ccc(C2COc3cc(Cn4cnc5cc(C(F)F)cnc54)cc(OC)c3O2)cn1. The van der Waals surface area contributed by atoms with Gasteiger partial charge < -0.3 is 23.5 Å². The summed E-state index contributed by atoms with van der Waals surface area (Å²) in [4.78, 5) is 12.6. The normalized spacial score (nSPS) is 15.1. The first-order chi connectivity index (χ1) is 16.1. The predicted octanol–water partition coefficient (Wildman–Crippen LogP) is 4.34. The molecule has 1 aliphatic heterocycles. The molecule has 170 valence electrons. The summed E-state index contributed by atoms with van der Waals surface area (Å²) in [5.74, 6) is 2.10. The molecule has 5 rings (SSSR count). The molecule has 33 heavy (non-hydrogen) atoms. The van der Waals surface area contributed by atoms with Gasteiger partial charge in [0.05, 0.1) is 27.1 Å². The summed E-state index contributed by atoms with van der Waals surface area (Å²) in [5.41, 5.74) is 2.48. The highest BCUT2D eigenvalue weighted by Crippen LogP contribution is 2.44. The smallest absolute Gasteiger partial charge is 0.265 e. The minimum Gasteiger partial charge on any atom is -0.493 e. The lowest BCUT2D eigenvalue weighted by molar-refractivity contribution is 0.0867. The van der Waals surface area contributed by atoms with E-state index in [2.05, 4.69) is 15.0 Å². The van der Waals surface area contributed by atoms with E-state index in [4.69, 9.17) is 18.9 Å². The number of hydrogen-bond donors (Lipinski definition) is 0. The van der Waals surface area contributed by atoms with Gasteiger partial charge in [-0.25, -0.2) is 23.7 Å². The van der Waals surface area contributed by atoms with Crippen LogP contribution in [0.2, 0.25) is 0 Å². The molecule has 0 spiro atoms. The zero-order valence-electron chi connectivity index (χ0n) is 17.9. The Hall–Kier alpha value is -3.95. The number of benzene rings is 1. The number of hydrogen-bond acceptors (Lipinski definition) is 7. The van der Waals surface area contributed by atoms with E-state index in [0.29, 0.717) is 47.4 Å². The Balaban J connectivity index is 1.41. The summed E-state index contributed by atoms with van der Waals surface area (Å²) in [6, 6.07) is 8.70. The first-order valence-corrected chi connectivity index (χ1v) is 10.1. The van der Waals surface area contributed by atoms with Crippen LogP contribution < -0.4 is 18.9 Å².